The summed E-state index contributed by atoms with van der Waals surface area (Å²) in [4.78, 5) is 32.3. The van der Waals surface area contributed by atoms with Gasteiger partial charge in [0.25, 0.3) is 12.3 Å². The number of rotatable bonds is 7. The van der Waals surface area contributed by atoms with Gasteiger partial charge in [0.05, 0.1) is 17.6 Å². The molecular weight excluding hydrogens is 519 g/mol. The third-order valence-electron chi connectivity index (χ3n) is 6.68. The average molecular weight is 548 g/mol. The first-order valence-corrected chi connectivity index (χ1v) is 13.0. The predicted molar refractivity (Wildman–Crippen MR) is 140 cm³/mol. The van der Waals surface area contributed by atoms with Crippen LogP contribution in [0, 0.1) is 6.92 Å². The van der Waals surface area contributed by atoms with Crippen molar-refractivity contribution in [1.29, 1.82) is 0 Å². The molecule has 5 rings (SSSR count). The van der Waals surface area contributed by atoms with Crippen LogP contribution in [0.3, 0.4) is 0 Å². The maximum absolute atomic E-state index is 14.0. The van der Waals surface area contributed by atoms with Gasteiger partial charge in [-0.05, 0) is 43.7 Å². The highest BCUT2D eigenvalue weighted by atomic mass is 32.1. The number of thiazole rings is 1. The molecule has 0 bridgehead atoms. The van der Waals surface area contributed by atoms with Crippen molar-refractivity contribution >= 4 is 34.0 Å². The van der Waals surface area contributed by atoms with E-state index in [0.717, 1.165) is 42.4 Å². The summed E-state index contributed by atoms with van der Waals surface area (Å²) in [6.45, 7) is 5.44. The Kier molecular flexibility index (Phi) is 7.39. The molecule has 1 aromatic carbocycles. The maximum Gasteiger partial charge on any atom is 0.287 e. The Balaban J connectivity index is 1.37. The zero-order valence-electron chi connectivity index (χ0n) is 21.2. The molecule has 1 unspecified atom stereocenters. The first kappa shape index (κ1) is 26.2. The van der Waals surface area contributed by atoms with E-state index >= 15 is 0 Å². The lowest BCUT2D eigenvalue weighted by molar-refractivity contribution is -0.0382. The number of aromatic nitrogens is 3. The van der Waals surface area contributed by atoms with Crippen LogP contribution < -0.4 is 15.0 Å². The number of ether oxygens (including phenoxy) is 1. The summed E-state index contributed by atoms with van der Waals surface area (Å²) in [5.74, 6) is 1.57. The number of hydrogen-bond acceptors (Lipinski definition) is 9. The van der Waals surface area contributed by atoms with E-state index in [1.165, 1.54) is 18.4 Å². The van der Waals surface area contributed by atoms with Crippen molar-refractivity contribution in [1.82, 2.24) is 24.8 Å². The van der Waals surface area contributed by atoms with Crippen LogP contribution in [-0.4, -0.2) is 90.3 Å². The van der Waals surface area contributed by atoms with Crippen LogP contribution in [0.5, 0.6) is 5.75 Å². The van der Waals surface area contributed by atoms with Crippen LogP contribution in [0.2, 0.25) is 0 Å². The number of nitrogens with one attached hydrogen (secondary N) is 1. The Labute approximate surface area is 222 Å². The second-order valence-corrected chi connectivity index (χ2v) is 10.3. The van der Waals surface area contributed by atoms with Gasteiger partial charge in [-0.15, -0.1) is 0 Å². The van der Waals surface area contributed by atoms with E-state index < -0.39 is 18.6 Å². The number of anilines is 3. The molecular formula is C25H28F3N7O2S. The largest absolute Gasteiger partial charge is 0.496 e. The molecule has 2 aliphatic heterocycles. The molecule has 13 heteroatoms. The minimum atomic E-state index is -3.27. The van der Waals surface area contributed by atoms with Gasteiger partial charge < -0.3 is 24.8 Å². The summed E-state index contributed by atoms with van der Waals surface area (Å²) in [6.07, 6.45) is -3.99. The molecule has 2 aromatic heterocycles. The van der Waals surface area contributed by atoms with Crippen LogP contribution in [0.4, 0.5) is 29.9 Å². The number of aryl methyl sites for hydroxylation is 1. The second kappa shape index (κ2) is 10.7. The second-order valence-electron chi connectivity index (χ2n) is 9.27. The van der Waals surface area contributed by atoms with E-state index in [-0.39, 0.29) is 24.3 Å². The monoisotopic (exact) mass is 547 g/mol. The van der Waals surface area contributed by atoms with E-state index in [0.29, 0.717) is 27.2 Å². The fourth-order valence-electron chi connectivity index (χ4n) is 4.66. The molecule has 1 amide bonds. The number of piperazine rings is 1. The molecule has 0 aliphatic carbocycles. The molecule has 202 valence electrons. The number of halogens is 3. The van der Waals surface area contributed by atoms with Crippen LogP contribution in [0.1, 0.15) is 21.7 Å². The van der Waals surface area contributed by atoms with Crippen molar-refractivity contribution in [3.05, 3.63) is 41.3 Å². The Morgan fingerprint density at radius 1 is 1.08 bits per heavy atom. The summed E-state index contributed by atoms with van der Waals surface area (Å²) in [5.41, 5.74) is 1.49. The highest BCUT2D eigenvalue weighted by Crippen LogP contribution is 2.38. The number of hydrogen-bond donors (Lipinski definition) is 1. The van der Waals surface area contributed by atoms with Gasteiger partial charge >= 0.3 is 0 Å². The topological polar surface area (TPSA) is 86.7 Å². The van der Waals surface area contributed by atoms with E-state index in [2.05, 4.69) is 37.1 Å². The number of carbonyl (C=O) groups excluding carboxylic acids is 1. The normalized spacial score (nSPS) is 17.1. The van der Waals surface area contributed by atoms with Crippen LogP contribution in [0.15, 0.2) is 24.4 Å². The Bertz CT molecular complexity index is 1310. The molecule has 3 aromatic rings. The zero-order valence-corrected chi connectivity index (χ0v) is 22.1. The SMILES string of the molecule is COc1cc(-c2cnc(Nc3cc(N4CCN(C)CC4)nc(C)n3)s2)cc2c1C(=O)N(C(F)C(F)F)CC2. The summed E-state index contributed by atoms with van der Waals surface area (Å²) >= 11 is 1.40. The number of methoxy groups -OCH3 is 1. The number of amides is 1. The van der Waals surface area contributed by atoms with E-state index in [4.69, 9.17) is 4.74 Å². The molecule has 38 heavy (non-hydrogen) atoms. The van der Waals surface area contributed by atoms with Gasteiger partial charge in [-0.2, -0.15) is 0 Å². The first-order chi connectivity index (χ1) is 18.2. The summed E-state index contributed by atoms with van der Waals surface area (Å²) in [5, 5.41) is 3.89. The lowest BCUT2D eigenvalue weighted by Gasteiger charge is -2.33. The smallest absolute Gasteiger partial charge is 0.287 e. The van der Waals surface area contributed by atoms with Crippen LogP contribution in [-0.2, 0) is 6.42 Å². The molecule has 0 saturated carbocycles. The van der Waals surface area contributed by atoms with E-state index in [9.17, 15) is 18.0 Å². The fraction of sp³-hybridized carbons (Fsp3) is 0.440. The molecule has 1 N–H and O–H groups in total. The summed E-state index contributed by atoms with van der Waals surface area (Å²) < 4.78 is 45.2. The van der Waals surface area contributed by atoms with Crippen molar-refractivity contribution in [3.63, 3.8) is 0 Å². The van der Waals surface area contributed by atoms with Crippen molar-refractivity contribution in [3.8, 4) is 16.2 Å². The predicted octanol–water partition coefficient (Wildman–Crippen LogP) is 3.97. The van der Waals surface area contributed by atoms with Gasteiger partial charge in [-0.3, -0.25) is 4.79 Å². The molecule has 4 heterocycles. The molecule has 0 spiro atoms. The third kappa shape index (κ3) is 5.25. The minimum Gasteiger partial charge on any atom is -0.496 e. The first-order valence-electron chi connectivity index (χ1n) is 12.2. The molecule has 1 atom stereocenters. The number of alkyl halides is 3. The van der Waals surface area contributed by atoms with Crippen molar-refractivity contribution < 1.29 is 22.7 Å². The lowest BCUT2D eigenvalue weighted by Crippen LogP contribution is -2.46. The molecule has 2 aliphatic rings. The minimum absolute atomic E-state index is 0.113. The Hall–Kier alpha value is -3.45. The Morgan fingerprint density at radius 2 is 1.84 bits per heavy atom. The van der Waals surface area contributed by atoms with Gasteiger partial charge in [-0.25, -0.2) is 28.1 Å². The van der Waals surface area contributed by atoms with Gasteiger partial charge in [0, 0.05) is 45.0 Å². The summed E-state index contributed by atoms with van der Waals surface area (Å²) in [7, 11) is 3.49. The summed E-state index contributed by atoms with van der Waals surface area (Å²) in [6, 6.07) is 5.37. The molecule has 1 saturated heterocycles. The Morgan fingerprint density at radius 3 is 2.55 bits per heavy atom. The number of carbonyl (C=O) groups is 1. The lowest BCUT2D eigenvalue weighted by atomic mass is 9.95. The number of fused-ring (bicyclic) bond motifs is 1. The van der Waals surface area contributed by atoms with Crippen molar-refractivity contribution in [2.45, 2.75) is 26.1 Å². The van der Waals surface area contributed by atoms with Gasteiger partial charge in [-0.1, -0.05) is 11.3 Å². The van der Waals surface area contributed by atoms with Crippen LogP contribution in [0.25, 0.3) is 10.4 Å². The highest BCUT2D eigenvalue weighted by molar-refractivity contribution is 7.18. The van der Waals surface area contributed by atoms with E-state index in [1.54, 1.807) is 18.3 Å². The average Bonchev–Trinajstić information content (AvgIpc) is 3.36. The zero-order chi connectivity index (χ0) is 27.0. The van der Waals surface area contributed by atoms with Gasteiger partial charge in [0.1, 0.15) is 23.2 Å². The van der Waals surface area contributed by atoms with E-state index in [1.807, 2.05) is 13.0 Å². The number of benzene rings is 1. The molecule has 1 fully saturated rings. The highest BCUT2D eigenvalue weighted by Gasteiger charge is 2.37. The fourth-order valence-corrected chi connectivity index (χ4v) is 5.47. The van der Waals surface area contributed by atoms with Crippen molar-refractivity contribution in [2.75, 3.05) is 57.1 Å². The third-order valence-corrected chi connectivity index (χ3v) is 7.64. The number of likely N-dealkylation sites (N-methyl/N-ethyl adjacent to an activating group) is 1. The van der Waals surface area contributed by atoms with Gasteiger partial charge in [0.15, 0.2) is 5.13 Å². The number of nitrogens with zero attached hydrogens (tertiary/aromatic N) is 6. The van der Waals surface area contributed by atoms with Gasteiger partial charge in [0.2, 0.25) is 6.30 Å². The van der Waals surface area contributed by atoms with Crippen LogP contribution >= 0.6 is 11.3 Å². The quantitative estimate of drug-likeness (QED) is 0.445. The molecule has 0 radical (unpaired) electrons. The molecule has 9 nitrogen and oxygen atoms in total. The van der Waals surface area contributed by atoms with Crippen molar-refractivity contribution in [2.24, 2.45) is 0 Å². The maximum atomic E-state index is 14.0. The standard InChI is InChI=1S/C25H28F3N7O2S/c1-14-30-19(12-20(31-14)34-8-6-33(2)7-9-34)32-25-29-13-18(38-25)16-10-15-4-5-35(23(28)22(26)27)24(36)21(15)17(11-16)37-3/h10-13,22-23H,4-9H2,1-3H3,(H,29,30,31,32).